The number of hydrogen-bond acceptors (Lipinski definition) is 4. The first-order valence-electron chi connectivity index (χ1n) is 7.52. The molecule has 0 unspecified atom stereocenters. The van der Waals surface area contributed by atoms with Crippen LogP contribution in [0.4, 0.5) is 8.78 Å². The number of amides is 1. The fourth-order valence-electron chi connectivity index (χ4n) is 2.20. The van der Waals surface area contributed by atoms with Crippen molar-refractivity contribution in [3.8, 4) is 0 Å². The van der Waals surface area contributed by atoms with Gasteiger partial charge in [0.2, 0.25) is 10.0 Å². The fourth-order valence-corrected chi connectivity index (χ4v) is 3.24. The molecule has 0 saturated carbocycles. The van der Waals surface area contributed by atoms with E-state index in [1.807, 2.05) is 0 Å². The largest absolute Gasteiger partial charge is 0.334 e. The molecule has 140 valence electrons. The van der Waals surface area contributed by atoms with Crippen LogP contribution < -0.4 is 4.72 Å². The monoisotopic (exact) mass is 384 g/mol. The Morgan fingerprint density at radius 1 is 1.46 bits per heavy atom. The lowest BCUT2D eigenvalue weighted by Gasteiger charge is -2.18. The standard InChI is InChI=1S/C16H18F2N4O3S/c1-3-7-20-26(24,25)13-6-4-5-12(10-13)15(23)21(2)11-14-19-8-9-22(14)16(17)18/h3-6,8-10,16,20H,1,7,11H2,2H3. The van der Waals surface area contributed by atoms with E-state index in [9.17, 15) is 22.0 Å². The highest BCUT2D eigenvalue weighted by Crippen LogP contribution is 2.16. The Bertz CT molecular complexity index is 896. The van der Waals surface area contributed by atoms with Crippen LogP contribution in [0, 0.1) is 0 Å². The number of hydrogen-bond donors (Lipinski definition) is 1. The van der Waals surface area contributed by atoms with Crippen LogP contribution in [0.3, 0.4) is 0 Å². The van der Waals surface area contributed by atoms with Crippen molar-refractivity contribution in [1.29, 1.82) is 0 Å². The predicted octanol–water partition coefficient (Wildman–Crippen LogP) is 2.01. The molecule has 0 saturated heterocycles. The molecule has 1 heterocycles. The maximum absolute atomic E-state index is 12.9. The third-order valence-corrected chi connectivity index (χ3v) is 4.91. The van der Waals surface area contributed by atoms with Gasteiger partial charge in [0.15, 0.2) is 0 Å². The Hall–Kier alpha value is -2.59. The number of nitrogens with zero attached hydrogens (tertiary/aromatic N) is 3. The van der Waals surface area contributed by atoms with Gasteiger partial charge in [-0.2, -0.15) is 8.78 Å². The average Bonchev–Trinajstić information content (AvgIpc) is 3.07. The number of halogens is 2. The number of carbonyl (C=O) groups excluding carboxylic acids is 1. The van der Waals surface area contributed by atoms with Gasteiger partial charge in [0.25, 0.3) is 5.91 Å². The minimum atomic E-state index is -3.78. The van der Waals surface area contributed by atoms with E-state index in [4.69, 9.17) is 0 Å². The van der Waals surface area contributed by atoms with Crippen molar-refractivity contribution in [2.75, 3.05) is 13.6 Å². The lowest BCUT2D eigenvalue weighted by atomic mass is 10.2. The number of rotatable bonds is 8. The SMILES string of the molecule is C=CCNS(=O)(=O)c1cccc(C(=O)N(C)Cc2nccn2C(F)F)c1. The predicted molar refractivity (Wildman–Crippen MR) is 91.1 cm³/mol. The van der Waals surface area contributed by atoms with Crippen LogP contribution in [0.15, 0.2) is 54.2 Å². The quantitative estimate of drug-likeness (QED) is 0.706. The van der Waals surface area contributed by atoms with Crippen LogP contribution in [0.2, 0.25) is 0 Å². The molecule has 1 aromatic carbocycles. The first kappa shape index (κ1) is 19.7. The second-order valence-electron chi connectivity index (χ2n) is 5.36. The second kappa shape index (κ2) is 8.19. The van der Waals surface area contributed by atoms with Gasteiger partial charge in [-0.05, 0) is 18.2 Å². The summed E-state index contributed by atoms with van der Waals surface area (Å²) >= 11 is 0. The van der Waals surface area contributed by atoms with Gasteiger partial charge in [0.1, 0.15) is 5.82 Å². The lowest BCUT2D eigenvalue weighted by molar-refractivity contribution is 0.0612. The van der Waals surface area contributed by atoms with Crippen LogP contribution in [-0.2, 0) is 16.6 Å². The Balaban J connectivity index is 2.20. The molecule has 10 heteroatoms. The zero-order valence-corrected chi connectivity index (χ0v) is 14.8. The van der Waals surface area contributed by atoms with Crippen LogP contribution >= 0.6 is 0 Å². The van der Waals surface area contributed by atoms with Crippen molar-refractivity contribution in [3.05, 3.63) is 60.7 Å². The maximum Gasteiger partial charge on any atom is 0.319 e. The molecule has 1 aromatic heterocycles. The number of aromatic nitrogens is 2. The van der Waals surface area contributed by atoms with E-state index in [2.05, 4.69) is 16.3 Å². The number of imidazole rings is 1. The van der Waals surface area contributed by atoms with Gasteiger partial charge >= 0.3 is 6.55 Å². The van der Waals surface area contributed by atoms with Crippen LogP contribution in [0.25, 0.3) is 0 Å². The van der Waals surface area contributed by atoms with E-state index < -0.39 is 22.5 Å². The summed E-state index contributed by atoms with van der Waals surface area (Å²) in [4.78, 5) is 17.4. The molecule has 0 bridgehead atoms. The molecule has 26 heavy (non-hydrogen) atoms. The van der Waals surface area contributed by atoms with Crippen LogP contribution in [0.1, 0.15) is 22.7 Å². The van der Waals surface area contributed by atoms with Crippen LogP contribution in [-0.4, -0.2) is 42.4 Å². The molecule has 7 nitrogen and oxygen atoms in total. The molecule has 2 aromatic rings. The van der Waals surface area contributed by atoms with Gasteiger partial charge in [-0.15, -0.1) is 6.58 Å². The highest BCUT2D eigenvalue weighted by Gasteiger charge is 2.20. The molecule has 0 radical (unpaired) electrons. The first-order valence-corrected chi connectivity index (χ1v) is 9.00. The number of nitrogens with one attached hydrogen (secondary N) is 1. The third kappa shape index (κ3) is 4.52. The summed E-state index contributed by atoms with van der Waals surface area (Å²) < 4.78 is 52.9. The van der Waals surface area contributed by atoms with E-state index in [0.717, 1.165) is 6.20 Å². The molecule has 0 spiro atoms. The van der Waals surface area contributed by atoms with E-state index in [1.165, 1.54) is 48.5 Å². The summed E-state index contributed by atoms with van der Waals surface area (Å²) in [6.45, 7) is 0.570. The minimum absolute atomic E-state index is 0.0206. The lowest BCUT2D eigenvalue weighted by Crippen LogP contribution is -2.28. The molecule has 0 aliphatic heterocycles. The fraction of sp³-hybridized carbons (Fsp3) is 0.250. The highest BCUT2D eigenvalue weighted by molar-refractivity contribution is 7.89. The summed E-state index contributed by atoms with van der Waals surface area (Å²) in [5, 5.41) is 0. The Morgan fingerprint density at radius 2 is 2.19 bits per heavy atom. The van der Waals surface area contributed by atoms with Gasteiger partial charge < -0.3 is 4.90 Å². The number of benzene rings is 1. The highest BCUT2D eigenvalue weighted by atomic mass is 32.2. The molecule has 0 fully saturated rings. The minimum Gasteiger partial charge on any atom is -0.334 e. The summed E-state index contributed by atoms with van der Waals surface area (Å²) in [6.07, 6.45) is 3.74. The van der Waals surface area contributed by atoms with Crippen LogP contribution in [0.5, 0.6) is 0 Å². The topological polar surface area (TPSA) is 84.3 Å². The van der Waals surface area contributed by atoms with Gasteiger partial charge in [0, 0.05) is 31.5 Å². The van der Waals surface area contributed by atoms with Gasteiger partial charge in [-0.25, -0.2) is 18.1 Å². The van der Waals surface area contributed by atoms with E-state index in [-0.39, 0.29) is 29.4 Å². The summed E-state index contributed by atoms with van der Waals surface area (Å²) in [6, 6.07) is 5.46. The Kier molecular flexibility index (Phi) is 6.22. The van der Waals surface area contributed by atoms with Crippen molar-refractivity contribution in [3.63, 3.8) is 0 Å². The van der Waals surface area contributed by atoms with Gasteiger partial charge in [-0.3, -0.25) is 9.36 Å². The van der Waals surface area contributed by atoms with Crippen molar-refractivity contribution < 1.29 is 22.0 Å². The molecular weight excluding hydrogens is 366 g/mol. The zero-order valence-electron chi connectivity index (χ0n) is 14.0. The van der Waals surface area contributed by atoms with Gasteiger partial charge in [-0.1, -0.05) is 12.1 Å². The molecule has 2 rings (SSSR count). The van der Waals surface area contributed by atoms with Crippen molar-refractivity contribution in [2.24, 2.45) is 0 Å². The Morgan fingerprint density at radius 3 is 2.85 bits per heavy atom. The number of carbonyl (C=O) groups is 1. The summed E-state index contributed by atoms with van der Waals surface area (Å²) in [5.74, 6) is -0.498. The zero-order chi connectivity index (χ0) is 19.3. The molecular formula is C16H18F2N4O3S. The normalized spacial score (nSPS) is 11.5. The second-order valence-corrected chi connectivity index (χ2v) is 7.12. The smallest absolute Gasteiger partial charge is 0.319 e. The summed E-state index contributed by atoms with van der Waals surface area (Å²) in [5.41, 5.74) is 0.115. The molecule has 0 atom stereocenters. The Labute approximate surface area is 150 Å². The molecule has 1 N–H and O–H groups in total. The number of sulfonamides is 1. The molecule has 0 aliphatic rings. The van der Waals surface area contributed by atoms with E-state index >= 15 is 0 Å². The maximum atomic E-state index is 12.9. The van der Waals surface area contributed by atoms with Gasteiger partial charge in [0.05, 0.1) is 11.4 Å². The first-order chi connectivity index (χ1) is 12.3. The van der Waals surface area contributed by atoms with Crippen molar-refractivity contribution in [2.45, 2.75) is 18.0 Å². The van der Waals surface area contributed by atoms with E-state index in [0.29, 0.717) is 4.57 Å². The van der Waals surface area contributed by atoms with E-state index in [1.54, 1.807) is 0 Å². The van der Waals surface area contributed by atoms with Crippen molar-refractivity contribution in [1.82, 2.24) is 19.2 Å². The average molecular weight is 384 g/mol. The molecule has 0 aliphatic carbocycles. The third-order valence-electron chi connectivity index (χ3n) is 3.49. The van der Waals surface area contributed by atoms with Crippen molar-refractivity contribution >= 4 is 15.9 Å². The number of alkyl halides is 2. The molecule has 1 amide bonds. The summed E-state index contributed by atoms with van der Waals surface area (Å²) in [7, 11) is -2.36.